The van der Waals surface area contributed by atoms with Crippen molar-refractivity contribution in [3.05, 3.63) is 47.0 Å². The average molecular weight is 541 g/mol. The van der Waals surface area contributed by atoms with E-state index in [1.54, 1.807) is 6.92 Å². The number of pyridine rings is 1. The number of rotatable bonds is 12. The van der Waals surface area contributed by atoms with Gasteiger partial charge in [0.1, 0.15) is 29.8 Å². The van der Waals surface area contributed by atoms with Gasteiger partial charge in [0.05, 0.1) is 7.11 Å². The predicted molar refractivity (Wildman–Crippen MR) is 131 cm³/mol. The van der Waals surface area contributed by atoms with Crippen molar-refractivity contribution in [3.8, 4) is 17.2 Å². The second-order valence-electron chi connectivity index (χ2n) is 8.36. The summed E-state index contributed by atoms with van der Waals surface area (Å²) in [5, 5.41) is 2.67. The lowest BCUT2D eigenvalue weighted by Crippen LogP contribution is -2.44. The summed E-state index contributed by atoms with van der Waals surface area (Å²) < 4.78 is 40.4. The fourth-order valence-corrected chi connectivity index (χ4v) is 3.48. The Hall–Kier alpha value is -3.60. The van der Waals surface area contributed by atoms with Gasteiger partial charge in [0.15, 0.2) is 17.2 Å². The minimum atomic E-state index is -1.08. The minimum absolute atomic E-state index is 0.0697. The highest BCUT2D eigenvalue weighted by Gasteiger charge is 2.30. The number of ether oxygens (including phenoxy) is 5. The van der Waals surface area contributed by atoms with Gasteiger partial charge in [-0.1, -0.05) is 25.4 Å². The van der Waals surface area contributed by atoms with Crippen molar-refractivity contribution in [1.29, 1.82) is 0 Å². The third kappa shape index (κ3) is 8.78. The molecule has 2 rings (SSSR count). The largest absolute Gasteiger partial charge is 0.493 e. The predicted octanol–water partition coefficient (Wildman–Crippen LogP) is 3.94. The molecule has 0 aliphatic rings. The highest BCUT2D eigenvalue weighted by Crippen LogP contribution is 2.30. The summed E-state index contributed by atoms with van der Waals surface area (Å²) >= 11 is 5.90. The molecule has 0 saturated carbocycles. The molecule has 10 nitrogen and oxygen atoms in total. The van der Waals surface area contributed by atoms with Crippen LogP contribution in [0.1, 0.15) is 45.1 Å². The average Bonchev–Trinajstić information content (AvgIpc) is 2.81. The number of hydrogen-bond acceptors (Lipinski definition) is 9. The molecule has 1 aromatic heterocycles. The van der Waals surface area contributed by atoms with E-state index in [4.69, 9.17) is 35.3 Å². The molecule has 0 aliphatic heterocycles. The summed E-state index contributed by atoms with van der Waals surface area (Å²) in [7, 11) is 1.36. The van der Waals surface area contributed by atoms with E-state index < -0.39 is 48.7 Å². The van der Waals surface area contributed by atoms with Crippen LogP contribution in [-0.2, 0) is 19.1 Å². The number of aromatic nitrogens is 1. The first-order chi connectivity index (χ1) is 17.4. The standard InChI is InChI=1S/C25H30ClFN2O8/c1-13(2)22(37-19-10-17(26)9-18(27)11-19)15(4)36-25(32)14(3)29-24(31)21-23(35-12-34-16(5)30)20(33-6)7-8-28-21/h7-11,13-15,22H,12H2,1-6H3,(H,29,31)/t14-,15-,22+/m0/s1. The Bertz CT molecular complexity index is 1090. The van der Waals surface area contributed by atoms with E-state index >= 15 is 0 Å². The van der Waals surface area contributed by atoms with Crippen LogP contribution < -0.4 is 19.5 Å². The number of benzene rings is 1. The lowest BCUT2D eigenvalue weighted by atomic mass is 10.0. The Kier molecular flexibility index (Phi) is 10.9. The molecule has 1 amide bonds. The van der Waals surface area contributed by atoms with Gasteiger partial charge in [-0.25, -0.2) is 14.2 Å². The van der Waals surface area contributed by atoms with Crippen LogP contribution in [0.4, 0.5) is 4.39 Å². The van der Waals surface area contributed by atoms with Gasteiger partial charge in [-0.15, -0.1) is 0 Å². The molecular formula is C25H30ClFN2O8. The summed E-state index contributed by atoms with van der Waals surface area (Å²) in [5.74, 6) is -2.45. The third-order valence-electron chi connectivity index (χ3n) is 5.00. The van der Waals surface area contributed by atoms with E-state index in [0.717, 1.165) is 6.07 Å². The molecule has 0 bridgehead atoms. The monoisotopic (exact) mass is 540 g/mol. The van der Waals surface area contributed by atoms with Crippen molar-refractivity contribution in [3.63, 3.8) is 0 Å². The van der Waals surface area contributed by atoms with Gasteiger partial charge in [0.25, 0.3) is 5.91 Å². The number of carbonyl (C=O) groups is 3. The van der Waals surface area contributed by atoms with Crippen molar-refractivity contribution >= 4 is 29.4 Å². The summed E-state index contributed by atoms with van der Waals surface area (Å²) in [6.07, 6.45) is -0.0710. The van der Waals surface area contributed by atoms with Crippen LogP contribution in [-0.4, -0.2) is 55.0 Å². The van der Waals surface area contributed by atoms with Crippen molar-refractivity contribution in [1.82, 2.24) is 10.3 Å². The quantitative estimate of drug-likeness (QED) is 0.315. The Morgan fingerprint density at radius 2 is 1.84 bits per heavy atom. The van der Waals surface area contributed by atoms with E-state index in [1.807, 2.05) is 13.8 Å². The van der Waals surface area contributed by atoms with Gasteiger partial charge < -0.3 is 29.0 Å². The lowest BCUT2D eigenvalue weighted by molar-refractivity contribution is -0.156. The molecule has 0 radical (unpaired) electrons. The van der Waals surface area contributed by atoms with Gasteiger partial charge in [-0.2, -0.15) is 0 Å². The minimum Gasteiger partial charge on any atom is -0.493 e. The highest BCUT2D eigenvalue weighted by molar-refractivity contribution is 6.30. The molecule has 0 unspecified atom stereocenters. The van der Waals surface area contributed by atoms with Crippen LogP contribution in [0.5, 0.6) is 17.2 Å². The normalized spacial score (nSPS) is 13.2. The maximum absolute atomic E-state index is 13.7. The molecule has 1 heterocycles. The molecule has 3 atom stereocenters. The molecule has 0 saturated heterocycles. The van der Waals surface area contributed by atoms with Crippen molar-refractivity contribution in [2.24, 2.45) is 5.92 Å². The van der Waals surface area contributed by atoms with E-state index in [-0.39, 0.29) is 33.9 Å². The molecule has 2 aromatic rings. The van der Waals surface area contributed by atoms with Gasteiger partial charge in [-0.3, -0.25) is 9.59 Å². The second kappa shape index (κ2) is 13.6. The zero-order valence-corrected chi connectivity index (χ0v) is 22.1. The number of esters is 2. The fourth-order valence-electron chi connectivity index (χ4n) is 3.27. The van der Waals surface area contributed by atoms with Crippen molar-refractivity contribution in [2.75, 3.05) is 13.9 Å². The van der Waals surface area contributed by atoms with E-state index in [9.17, 15) is 18.8 Å². The first kappa shape index (κ1) is 29.6. The van der Waals surface area contributed by atoms with Crippen LogP contribution in [0.3, 0.4) is 0 Å². The van der Waals surface area contributed by atoms with Gasteiger partial charge in [0, 0.05) is 30.3 Å². The van der Waals surface area contributed by atoms with Gasteiger partial charge in [0.2, 0.25) is 6.79 Å². The summed E-state index contributed by atoms with van der Waals surface area (Å²) in [5.41, 5.74) is -0.189. The first-order valence-electron chi connectivity index (χ1n) is 11.4. The molecule has 0 aliphatic carbocycles. The fraction of sp³-hybridized carbons (Fsp3) is 0.440. The maximum Gasteiger partial charge on any atom is 0.328 e. The van der Waals surface area contributed by atoms with Crippen LogP contribution in [0.25, 0.3) is 0 Å². The highest BCUT2D eigenvalue weighted by atomic mass is 35.5. The first-order valence-corrected chi connectivity index (χ1v) is 11.7. The van der Waals surface area contributed by atoms with Crippen LogP contribution in [0, 0.1) is 11.7 Å². The van der Waals surface area contributed by atoms with Crippen LogP contribution >= 0.6 is 11.6 Å². The van der Waals surface area contributed by atoms with Gasteiger partial charge >= 0.3 is 11.9 Å². The number of hydrogen-bond donors (Lipinski definition) is 1. The van der Waals surface area contributed by atoms with E-state index in [0.29, 0.717) is 0 Å². The molecule has 1 aromatic carbocycles. The van der Waals surface area contributed by atoms with Crippen molar-refractivity contribution in [2.45, 2.75) is 52.9 Å². The summed E-state index contributed by atoms with van der Waals surface area (Å²) in [4.78, 5) is 40.7. The Morgan fingerprint density at radius 3 is 2.43 bits per heavy atom. The Balaban J connectivity index is 2.09. The van der Waals surface area contributed by atoms with Crippen LogP contribution in [0.15, 0.2) is 30.5 Å². The van der Waals surface area contributed by atoms with Gasteiger partial charge in [-0.05, 0) is 31.9 Å². The third-order valence-corrected chi connectivity index (χ3v) is 5.22. The molecule has 0 fully saturated rings. The van der Waals surface area contributed by atoms with Crippen molar-refractivity contribution < 1.29 is 42.5 Å². The topological polar surface area (TPSA) is 122 Å². The summed E-state index contributed by atoms with van der Waals surface area (Å²) in [6.45, 7) is 7.50. The number of nitrogens with zero attached hydrogens (tertiary/aromatic N) is 1. The molecule has 202 valence electrons. The SMILES string of the molecule is COc1ccnc(C(=O)N[C@@H](C)C(=O)O[C@@H](C)[C@H](Oc2cc(F)cc(Cl)c2)C(C)C)c1OCOC(C)=O. The number of methoxy groups -OCH3 is 1. The maximum atomic E-state index is 13.7. The molecule has 12 heteroatoms. The second-order valence-corrected chi connectivity index (χ2v) is 8.79. The number of carbonyl (C=O) groups excluding carboxylic acids is 3. The summed E-state index contributed by atoms with van der Waals surface area (Å²) in [6, 6.07) is 4.16. The zero-order valence-electron chi connectivity index (χ0n) is 21.4. The Morgan fingerprint density at radius 1 is 1.14 bits per heavy atom. The molecule has 1 N–H and O–H groups in total. The van der Waals surface area contributed by atoms with E-state index in [2.05, 4.69) is 10.3 Å². The van der Waals surface area contributed by atoms with Crippen LogP contribution in [0.2, 0.25) is 5.02 Å². The smallest absolute Gasteiger partial charge is 0.328 e. The number of nitrogens with one attached hydrogen (secondary N) is 1. The molecular weight excluding hydrogens is 511 g/mol. The molecule has 37 heavy (non-hydrogen) atoms. The lowest BCUT2D eigenvalue weighted by Gasteiger charge is -2.29. The number of amides is 1. The number of halogens is 2. The molecule has 0 spiro atoms. The Labute approximate surface area is 219 Å². The van der Waals surface area contributed by atoms with E-state index in [1.165, 1.54) is 45.4 Å². The zero-order chi connectivity index (χ0) is 27.7.